The average molecular weight is 512 g/mol. The molecule has 1 aromatic heterocycles. The van der Waals surface area contributed by atoms with Gasteiger partial charge in [-0.2, -0.15) is 0 Å². The predicted octanol–water partition coefficient (Wildman–Crippen LogP) is 2.57. The van der Waals surface area contributed by atoms with Gasteiger partial charge >= 0.3 is 0 Å². The lowest BCUT2D eigenvalue weighted by Crippen LogP contribution is -2.58. The molecule has 1 atom stereocenters. The lowest BCUT2D eigenvalue weighted by atomic mass is 9.82. The van der Waals surface area contributed by atoms with Gasteiger partial charge in [-0.15, -0.1) is 0 Å². The van der Waals surface area contributed by atoms with E-state index >= 15 is 0 Å². The first-order valence-corrected chi connectivity index (χ1v) is 13.6. The fourth-order valence-electron chi connectivity index (χ4n) is 5.65. The van der Waals surface area contributed by atoms with Crippen LogP contribution >= 0.6 is 0 Å². The molecular weight excluding hydrogens is 470 g/mol. The Morgan fingerprint density at radius 1 is 1.14 bits per heavy atom. The second-order valence-electron chi connectivity index (χ2n) is 10.5. The molecule has 1 aliphatic carbocycles. The molecule has 3 N–H and O–H groups in total. The van der Waals surface area contributed by atoms with Crippen LogP contribution in [0.25, 0.3) is 10.9 Å². The molecular formula is C28H41N5O4. The number of rotatable bonds is 10. The topological polar surface area (TPSA) is 107 Å². The molecule has 1 unspecified atom stereocenters. The first-order valence-electron chi connectivity index (χ1n) is 13.6. The number of aromatic amines is 1. The lowest BCUT2D eigenvalue weighted by molar-refractivity contribution is -0.140. The van der Waals surface area contributed by atoms with Crippen LogP contribution in [0.4, 0.5) is 0 Å². The highest BCUT2D eigenvalue weighted by atomic mass is 16.5. The summed E-state index contributed by atoms with van der Waals surface area (Å²) in [5.74, 6) is -0.650. The Balaban J connectivity index is 1.65. The van der Waals surface area contributed by atoms with Gasteiger partial charge in [-0.25, -0.2) is 0 Å². The number of methoxy groups -OCH3 is 1. The van der Waals surface area contributed by atoms with Crippen LogP contribution in [0.2, 0.25) is 0 Å². The van der Waals surface area contributed by atoms with Crippen LogP contribution in [0.15, 0.2) is 24.4 Å². The van der Waals surface area contributed by atoms with Gasteiger partial charge in [-0.05, 0) is 44.7 Å². The molecule has 2 amide bonds. The zero-order valence-corrected chi connectivity index (χ0v) is 22.3. The summed E-state index contributed by atoms with van der Waals surface area (Å²) in [4.78, 5) is 48.2. The third-order valence-corrected chi connectivity index (χ3v) is 7.59. The number of nitrogens with zero attached hydrogens (tertiary/aromatic N) is 2. The maximum atomic E-state index is 14.0. The quantitative estimate of drug-likeness (QED) is 0.334. The number of aromatic nitrogens is 1. The zero-order valence-electron chi connectivity index (χ0n) is 22.3. The van der Waals surface area contributed by atoms with E-state index in [4.69, 9.17) is 4.74 Å². The van der Waals surface area contributed by atoms with Crippen molar-refractivity contribution in [1.29, 1.82) is 0 Å². The number of benzene rings is 1. The summed E-state index contributed by atoms with van der Waals surface area (Å²) in [7, 11) is 1.59. The van der Waals surface area contributed by atoms with Gasteiger partial charge in [0.15, 0.2) is 0 Å². The molecule has 9 nitrogen and oxygen atoms in total. The SMILES string of the molecule is COc1ccc2c(C(=O)C(=O)N(CCN3CCNCC3)C(C(=O)NC(C)C)C3CCCCC3)c[nH]c2c1. The zero-order chi connectivity index (χ0) is 26.4. The highest BCUT2D eigenvalue weighted by Gasteiger charge is 2.40. The van der Waals surface area contributed by atoms with Gasteiger partial charge < -0.3 is 25.3 Å². The standard InChI is InChI=1S/C28H41N5O4/c1-19(2)31-27(35)25(20-7-5-4-6-8-20)33(16-15-32-13-11-29-12-14-32)28(36)26(34)23-18-30-24-17-21(37-3)9-10-22(23)24/h9-10,17-20,25,29-30H,4-8,11-16H2,1-3H3,(H,31,35). The maximum absolute atomic E-state index is 14.0. The van der Waals surface area contributed by atoms with Gasteiger partial charge in [0.1, 0.15) is 11.8 Å². The number of carbonyl (C=O) groups excluding carboxylic acids is 3. The molecule has 1 aromatic carbocycles. The van der Waals surface area contributed by atoms with Crippen molar-refractivity contribution in [2.45, 2.75) is 58.0 Å². The highest BCUT2D eigenvalue weighted by Crippen LogP contribution is 2.31. The van der Waals surface area contributed by atoms with Crippen LogP contribution in [-0.2, 0) is 9.59 Å². The summed E-state index contributed by atoms with van der Waals surface area (Å²) in [6, 6.07) is 4.66. The van der Waals surface area contributed by atoms with Gasteiger partial charge in [-0.1, -0.05) is 19.3 Å². The van der Waals surface area contributed by atoms with Crippen LogP contribution < -0.4 is 15.4 Å². The maximum Gasteiger partial charge on any atom is 0.295 e. The third kappa shape index (κ3) is 6.51. The Kier molecular flexibility index (Phi) is 9.21. The van der Waals surface area contributed by atoms with E-state index in [-0.39, 0.29) is 17.9 Å². The summed E-state index contributed by atoms with van der Waals surface area (Å²) in [6.45, 7) is 8.37. The molecule has 9 heteroatoms. The molecule has 202 valence electrons. The van der Waals surface area contributed by atoms with E-state index in [1.54, 1.807) is 36.4 Å². The van der Waals surface area contributed by atoms with Crippen LogP contribution in [0.1, 0.15) is 56.3 Å². The van der Waals surface area contributed by atoms with Crippen molar-refractivity contribution in [2.75, 3.05) is 46.4 Å². The van der Waals surface area contributed by atoms with E-state index < -0.39 is 17.7 Å². The lowest BCUT2D eigenvalue weighted by Gasteiger charge is -2.39. The number of H-pyrrole nitrogens is 1. The summed E-state index contributed by atoms with van der Waals surface area (Å²) in [6.07, 6.45) is 6.57. The van der Waals surface area contributed by atoms with Crippen molar-refractivity contribution in [1.82, 2.24) is 25.4 Å². The van der Waals surface area contributed by atoms with Gasteiger partial charge in [-0.3, -0.25) is 19.3 Å². The number of hydrogen-bond acceptors (Lipinski definition) is 6. The van der Waals surface area contributed by atoms with Gasteiger partial charge in [0.2, 0.25) is 5.91 Å². The number of fused-ring (bicyclic) bond motifs is 1. The molecule has 1 saturated heterocycles. The minimum absolute atomic E-state index is 0.0412. The Labute approximate surface area is 219 Å². The molecule has 0 bridgehead atoms. The van der Waals surface area contributed by atoms with Crippen molar-refractivity contribution in [3.05, 3.63) is 30.0 Å². The van der Waals surface area contributed by atoms with Gasteiger partial charge in [0.25, 0.3) is 11.7 Å². The number of piperazine rings is 1. The van der Waals surface area contributed by atoms with Crippen molar-refractivity contribution in [3.63, 3.8) is 0 Å². The fraction of sp³-hybridized carbons (Fsp3) is 0.607. The predicted molar refractivity (Wildman–Crippen MR) is 144 cm³/mol. The molecule has 1 aliphatic heterocycles. The minimum atomic E-state index is -0.660. The van der Waals surface area contributed by atoms with Crippen molar-refractivity contribution < 1.29 is 19.1 Å². The number of amides is 2. The van der Waals surface area contributed by atoms with Crippen LogP contribution in [-0.4, -0.2) is 90.8 Å². The van der Waals surface area contributed by atoms with E-state index in [0.29, 0.717) is 29.8 Å². The highest BCUT2D eigenvalue weighted by molar-refractivity contribution is 6.45. The van der Waals surface area contributed by atoms with Gasteiger partial charge in [0.05, 0.1) is 12.7 Å². The number of ether oxygens (including phenoxy) is 1. The first-order chi connectivity index (χ1) is 17.9. The van der Waals surface area contributed by atoms with Crippen molar-refractivity contribution >= 4 is 28.5 Å². The van der Waals surface area contributed by atoms with E-state index in [2.05, 4.69) is 20.5 Å². The summed E-state index contributed by atoms with van der Waals surface area (Å²) in [5.41, 5.74) is 1.05. The molecule has 0 spiro atoms. The average Bonchev–Trinajstić information content (AvgIpc) is 3.34. The van der Waals surface area contributed by atoms with E-state index in [0.717, 1.165) is 63.8 Å². The molecule has 2 heterocycles. The van der Waals surface area contributed by atoms with Crippen molar-refractivity contribution in [3.8, 4) is 5.75 Å². The number of hydrogen-bond donors (Lipinski definition) is 3. The van der Waals surface area contributed by atoms with E-state index in [1.165, 1.54) is 0 Å². The second kappa shape index (κ2) is 12.6. The smallest absolute Gasteiger partial charge is 0.295 e. The first kappa shape index (κ1) is 27.1. The minimum Gasteiger partial charge on any atom is -0.497 e. The Morgan fingerprint density at radius 3 is 2.54 bits per heavy atom. The molecule has 0 radical (unpaired) electrons. The normalized spacial score (nSPS) is 18.1. The largest absolute Gasteiger partial charge is 0.497 e. The molecule has 2 fully saturated rings. The Morgan fingerprint density at radius 2 is 1.86 bits per heavy atom. The Bertz CT molecular complexity index is 1090. The molecule has 37 heavy (non-hydrogen) atoms. The van der Waals surface area contributed by atoms with Crippen molar-refractivity contribution in [2.24, 2.45) is 5.92 Å². The number of Topliss-reactive ketones (excluding diaryl/α,β-unsaturated/α-hetero) is 1. The number of carbonyl (C=O) groups is 3. The molecule has 2 aliphatic rings. The molecule has 4 rings (SSSR count). The number of nitrogens with one attached hydrogen (secondary N) is 3. The third-order valence-electron chi connectivity index (χ3n) is 7.59. The van der Waals surface area contributed by atoms with E-state index in [1.807, 2.05) is 13.8 Å². The van der Waals surface area contributed by atoms with Gasteiger partial charge in [0, 0.05) is 68.5 Å². The fourth-order valence-corrected chi connectivity index (χ4v) is 5.65. The van der Waals surface area contributed by atoms with Crippen LogP contribution in [0, 0.1) is 5.92 Å². The molecule has 2 aromatic rings. The summed E-state index contributed by atoms with van der Waals surface area (Å²) >= 11 is 0. The van der Waals surface area contributed by atoms with Crippen LogP contribution in [0.3, 0.4) is 0 Å². The molecule has 1 saturated carbocycles. The van der Waals surface area contributed by atoms with Crippen LogP contribution in [0.5, 0.6) is 5.75 Å². The monoisotopic (exact) mass is 511 g/mol. The second-order valence-corrected chi connectivity index (χ2v) is 10.5. The number of ketones is 1. The van der Waals surface area contributed by atoms with E-state index in [9.17, 15) is 14.4 Å². The summed E-state index contributed by atoms with van der Waals surface area (Å²) < 4.78 is 5.29. The Hall–Kier alpha value is -2.91. The summed E-state index contributed by atoms with van der Waals surface area (Å²) in [5, 5.41) is 7.06.